The van der Waals surface area contributed by atoms with Crippen LogP contribution in [0.15, 0.2) is 0 Å². The van der Waals surface area contributed by atoms with Crippen molar-refractivity contribution in [2.24, 2.45) is 0 Å². The van der Waals surface area contributed by atoms with Gasteiger partial charge in [0.25, 0.3) is 0 Å². The summed E-state index contributed by atoms with van der Waals surface area (Å²) in [5, 5.41) is 4.84. The maximum Gasteiger partial charge on any atom is 0.0630 e. The molecule has 4 heteroatoms. The number of nitrogens with one attached hydrogen (secondary N) is 1. The van der Waals surface area contributed by atoms with Crippen molar-refractivity contribution in [1.29, 1.82) is 0 Å². The molecule has 0 spiro atoms. The average Bonchev–Trinajstić information content (AvgIpc) is 2.26. The van der Waals surface area contributed by atoms with Gasteiger partial charge in [-0.2, -0.15) is 23.5 Å². The van der Waals surface area contributed by atoms with Gasteiger partial charge in [0.2, 0.25) is 0 Å². The topological polar surface area (TPSA) is 21.3 Å². The van der Waals surface area contributed by atoms with Crippen LogP contribution in [0, 0.1) is 0 Å². The fraction of sp³-hybridized carbons (Fsp3) is 1.00. The molecule has 0 saturated carbocycles. The van der Waals surface area contributed by atoms with E-state index in [0.29, 0.717) is 11.3 Å². The van der Waals surface area contributed by atoms with Gasteiger partial charge in [-0.1, -0.05) is 13.8 Å². The molecular weight excluding hydrogens is 226 g/mol. The summed E-state index contributed by atoms with van der Waals surface area (Å²) in [5.41, 5.74) is 0. The Morgan fingerprint density at radius 1 is 1.40 bits per heavy atom. The molecular formula is C11H23NOS2. The summed E-state index contributed by atoms with van der Waals surface area (Å²) in [6, 6.07) is 0.504. The molecule has 1 fully saturated rings. The average molecular weight is 249 g/mol. The summed E-state index contributed by atoms with van der Waals surface area (Å²) >= 11 is 4.19. The first kappa shape index (κ1) is 13.7. The van der Waals surface area contributed by atoms with Crippen LogP contribution in [0.1, 0.15) is 20.3 Å². The lowest BCUT2D eigenvalue weighted by molar-refractivity contribution is 0.113. The van der Waals surface area contributed by atoms with Crippen molar-refractivity contribution in [3.63, 3.8) is 0 Å². The summed E-state index contributed by atoms with van der Waals surface area (Å²) in [4.78, 5) is 0. The second-order valence-electron chi connectivity index (χ2n) is 3.88. The van der Waals surface area contributed by atoms with Gasteiger partial charge in [0, 0.05) is 34.7 Å². The molecule has 0 bridgehead atoms. The van der Waals surface area contributed by atoms with Crippen molar-refractivity contribution < 1.29 is 4.74 Å². The SMILES string of the molecule is CCCOCC(NC)C1SCCSC1C. The van der Waals surface area contributed by atoms with E-state index in [-0.39, 0.29) is 0 Å². The molecule has 0 aromatic carbocycles. The van der Waals surface area contributed by atoms with Gasteiger partial charge in [-0.05, 0) is 13.5 Å². The number of hydrogen-bond donors (Lipinski definition) is 1. The molecule has 90 valence electrons. The summed E-state index contributed by atoms with van der Waals surface area (Å²) < 4.78 is 5.65. The molecule has 1 heterocycles. The maximum atomic E-state index is 5.65. The Morgan fingerprint density at radius 2 is 2.13 bits per heavy atom. The second-order valence-corrected chi connectivity index (χ2v) is 6.65. The van der Waals surface area contributed by atoms with Crippen LogP contribution in [-0.4, -0.2) is 48.3 Å². The summed E-state index contributed by atoms with van der Waals surface area (Å²) in [6.07, 6.45) is 1.11. The van der Waals surface area contributed by atoms with Crippen molar-refractivity contribution >= 4 is 23.5 Å². The predicted octanol–water partition coefficient (Wildman–Crippen LogP) is 2.24. The molecule has 0 aromatic rings. The molecule has 0 aromatic heterocycles. The lowest BCUT2D eigenvalue weighted by Gasteiger charge is -2.34. The predicted molar refractivity (Wildman–Crippen MR) is 72.1 cm³/mol. The van der Waals surface area contributed by atoms with E-state index in [9.17, 15) is 0 Å². The van der Waals surface area contributed by atoms with Crippen LogP contribution < -0.4 is 5.32 Å². The molecule has 3 unspecified atom stereocenters. The van der Waals surface area contributed by atoms with Gasteiger partial charge in [-0.3, -0.25) is 0 Å². The highest BCUT2D eigenvalue weighted by atomic mass is 32.2. The molecule has 0 amide bonds. The molecule has 1 aliphatic heterocycles. The maximum absolute atomic E-state index is 5.65. The van der Waals surface area contributed by atoms with Gasteiger partial charge in [0.1, 0.15) is 0 Å². The highest BCUT2D eigenvalue weighted by Crippen LogP contribution is 2.33. The van der Waals surface area contributed by atoms with Crippen LogP contribution in [0.5, 0.6) is 0 Å². The molecule has 1 rings (SSSR count). The van der Waals surface area contributed by atoms with Crippen molar-refractivity contribution in [3.05, 3.63) is 0 Å². The monoisotopic (exact) mass is 249 g/mol. The van der Waals surface area contributed by atoms with Crippen LogP contribution in [0.2, 0.25) is 0 Å². The number of thioether (sulfide) groups is 2. The van der Waals surface area contributed by atoms with Crippen LogP contribution in [0.3, 0.4) is 0 Å². The minimum absolute atomic E-state index is 0.504. The van der Waals surface area contributed by atoms with Crippen LogP contribution >= 0.6 is 23.5 Å². The zero-order chi connectivity index (χ0) is 11.1. The molecule has 2 nitrogen and oxygen atoms in total. The Labute approximate surface area is 102 Å². The Morgan fingerprint density at radius 3 is 2.73 bits per heavy atom. The third kappa shape index (κ3) is 4.55. The third-order valence-corrected chi connectivity index (χ3v) is 5.90. The van der Waals surface area contributed by atoms with Gasteiger partial charge < -0.3 is 10.1 Å². The molecule has 1 saturated heterocycles. The van der Waals surface area contributed by atoms with Crippen molar-refractivity contribution in [2.75, 3.05) is 31.8 Å². The highest BCUT2D eigenvalue weighted by Gasteiger charge is 2.29. The zero-order valence-electron chi connectivity index (χ0n) is 9.99. The van der Waals surface area contributed by atoms with E-state index in [1.807, 2.05) is 7.05 Å². The lowest BCUT2D eigenvalue weighted by atomic mass is 10.1. The number of ether oxygens (including phenoxy) is 1. The standard InChI is InChI=1S/C11H23NOS2/c1-4-5-13-8-10(12-3)11-9(2)14-6-7-15-11/h9-12H,4-8H2,1-3H3. The largest absolute Gasteiger partial charge is 0.380 e. The van der Waals surface area contributed by atoms with E-state index >= 15 is 0 Å². The smallest absolute Gasteiger partial charge is 0.0630 e. The van der Waals surface area contributed by atoms with Crippen LogP contribution in [-0.2, 0) is 4.74 Å². The normalized spacial score (nSPS) is 29.0. The van der Waals surface area contributed by atoms with Crippen molar-refractivity contribution in [2.45, 2.75) is 36.8 Å². The van der Waals surface area contributed by atoms with Gasteiger partial charge in [-0.15, -0.1) is 0 Å². The van der Waals surface area contributed by atoms with Gasteiger partial charge in [-0.25, -0.2) is 0 Å². The van der Waals surface area contributed by atoms with E-state index < -0.39 is 0 Å². The minimum atomic E-state index is 0.504. The van der Waals surface area contributed by atoms with Crippen LogP contribution in [0.25, 0.3) is 0 Å². The fourth-order valence-corrected chi connectivity index (χ4v) is 4.77. The van der Waals surface area contributed by atoms with E-state index in [2.05, 4.69) is 42.7 Å². The fourth-order valence-electron chi connectivity index (χ4n) is 1.79. The Bertz CT molecular complexity index is 169. The van der Waals surface area contributed by atoms with Crippen LogP contribution in [0.4, 0.5) is 0 Å². The van der Waals surface area contributed by atoms with Gasteiger partial charge >= 0.3 is 0 Å². The number of likely N-dealkylation sites (N-methyl/N-ethyl adjacent to an activating group) is 1. The summed E-state index contributed by atoms with van der Waals surface area (Å²) in [6.45, 7) is 6.23. The molecule has 3 atom stereocenters. The molecule has 0 radical (unpaired) electrons. The Balaban J connectivity index is 2.34. The first-order valence-corrected chi connectivity index (χ1v) is 7.87. The number of hydrogen-bond acceptors (Lipinski definition) is 4. The first-order chi connectivity index (χ1) is 7.29. The molecule has 1 N–H and O–H groups in total. The third-order valence-electron chi connectivity index (χ3n) is 2.65. The van der Waals surface area contributed by atoms with Crippen molar-refractivity contribution in [1.82, 2.24) is 5.32 Å². The first-order valence-electron chi connectivity index (χ1n) is 5.77. The highest BCUT2D eigenvalue weighted by molar-refractivity contribution is 8.07. The van der Waals surface area contributed by atoms with E-state index in [4.69, 9.17) is 4.74 Å². The Kier molecular flexibility index (Phi) is 7.14. The summed E-state index contributed by atoms with van der Waals surface area (Å²) in [7, 11) is 2.05. The van der Waals surface area contributed by atoms with E-state index in [1.165, 1.54) is 11.5 Å². The number of rotatable bonds is 6. The molecule has 0 aliphatic carbocycles. The molecule has 15 heavy (non-hydrogen) atoms. The summed E-state index contributed by atoms with van der Waals surface area (Å²) in [5.74, 6) is 2.58. The van der Waals surface area contributed by atoms with E-state index in [1.54, 1.807) is 0 Å². The van der Waals surface area contributed by atoms with Gasteiger partial charge in [0.05, 0.1) is 6.61 Å². The second kappa shape index (κ2) is 7.82. The quantitative estimate of drug-likeness (QED) is 0.729. The Hall–Kier alpha value is 0.620. The van der Waals surface area contributed by atoms with Crippen molar-refractivity contribution in [3.8, 4) is 0 Å². The molecule has 1 aliphatic rings. The lowest BCUT2D eigenvalue weighted by Crippen LogP contribution is -2.45. The minimum Gasteiger partial charge on any atom is -0.380 e. The zero-order valence-corrected chi connectivity index (χ0v) is 11.6. The van der Waals surface area contributed by atoms with Gasteiger partial charge in [0.15, 0.2) is 0 Å². The van der Waals surface area contributed by atoms with E-state index in [0.717, 1.165) is 24.9 Å².